The van der Waals surface area contributed by atoms with E-state index >= 15 is 0 Å². The van der Waals surface area contributed by atoms with Gasteiger partial charge in [-0.3, -0.25) is 29.9 Å². The van der Waals surface area contributed by atoms with Gasteiger partial charge in [0.25, 0.3) is 11.7 Å². The zero-order chi connectivity index (χ0) is 53.6. The maximum absolute atomic E-state index is 14.5. The smallest absolute Gasteiger partial charge is 0.329 e. The quantitative estimate of drug-likeness (QED) is 0.0677. The Bertz CT molecular complexity index is 2050. The number of amides is 1. The van der Waals surface area contributed by atoms with Crippen LogP contribution in [0.1, 0.15) is 126 Å². The molecule has 15 atom stereocenters. The van der Waals surface area contributed by atoms with Gasteiger partial charge >= 0.3 is 5.97 Å². The molecule has 0 aromatic rings. The molecule has 18 nitrogen and oxygen atoms in total. The monoisotopic (exact) mass is 1010 g/mol. The van der Waals surface area contributed by atoms with Crippen LogP contribution in [0.3, 0.4) is 0 Å². The lowest BCUT2D eigenvalue weighted by atomic mass is 9.78. The molecule has 0 radical (unpaired) electrons. The van der Waals surface area contributed by atoms with Gasteiger partial charge in [-0.05, 0) is 107 Å². The molecule has 0 spiro atoms. The number of nitrogens with two attached hydrogens (primary N) is 1. The Balaban J connectivity index is 1.77. The fraction of sp³-hybridized carbons (Fsp3) is 0.722. The number of rotatable bonds is 6. The van der Waals surface area contributed by atoms with Gasteiger partial charge in [-0.1, -0.05) is 71.1 Å². The number of nitrogens with one attached hydrogen (secondary N) is 2. The number of Topliss-reactive ketones (excluding diaryl/α,β-unsaturated/α-hetero) is 3. The molecule has 2 unspecified atom stereocenters. The number of hydrogen-bond acceptors (Lipinski definition) is 14. The minimum absolute atomic E-state index is 0.0354. The Kier molecular flexibility index (Phi) is 23.0. The number of carbonyl (C=O) groups is 5. The summed E-state index contributed by atoms with van der Waals surface area (Å²) in [6.07, 6.45) is 10.6. The number of allylic oxidation sites excluding steroid dienone is 6. The van der Waals surface area contributed by atoms with Crippen LogP contribution in [0.5, 0.6) is 0 Å². The molecule has 3 heterocycles. The predicted molar refractivity (Wildman–Crippen MR) is 274 cm³/mol. The third-order valence-corrected chi connectivity index (χ3v) is 15.2. The molecule has 1 aliphatic carbocycles. The van der Waals surface area contributed by atoms with E-state index in [-0.39, 0.29) is 73.2 Å². The number of carbonyl (C=O) groups excluding carboxylic acids is 5. The number of aliphatic hydroxyl groups is 3. The van der Waals surface area contributed by atoms with Crippen molar-refractivity contribution in [1.29, 1.82) is 5.41 Å². The van der Waals surface area contributed by atoms with Gasteiger partial charge in [0.1, 0.15) is 30.1 Å². The number of cyclic esters (lactones) is 1. The van der Waals surface area contributed by atoms with Gasteiger partial charge in [-0.2, -0.15) is 0 Å². The molecule has 0 aromatic heterocycles. The maximum atomic E-state index is 14.5. The van der Waals surface area contributed by atoms with Crippen molar-refractivity contribution in [3.63, 3.8) is 0 Å². The molecule has 1 amide bonds. The van der Waals surface area contributed by atoms with Gasteiger partial charge in [-0.15, -0.1) is 0 Å². The van der Waals surface area contributed by atoms with Crippen LogP contribution in [0.15, 0.2) is 52.6 Å². The zero-order valence-corrected chi connectivity index (χ0v) is 44.7. The highest BCUT2D eigenvalue weighted by Gasteiger charge is 2.53. The fourth-order valence-corrected chi connectivity index (χ4v) is 10.5. The number of piperidine rings is 1. The van der Waals surface area contributed by atoms with E-state index in [2.05, 4.69) is 5.32 Å². The van der Waals surface area contributed by atoms with E-state index in [0.29, 0.717) is 63.4 Å². The van der Waals surface area contributed by atoms with Gasteiger partial charge < -0.3 is 49.8 Å². The lowest BCUT2D eigenvalue weighted by Gasteiger charge is -2.42. The molecule has 404 valence electrons. The van der Waals surface area contributed by atoms with Crippen molar-refractivity contribution in [3.05, 3.63) is 47.6 Å². The number of hydrogen-bond donors (Lipinski definition) is 6. The summed E-state index contributed by atoms with van der Waals surface area (Å²) >= 11 is 0. The Morgan fingerprint density at radius 3 is 2.32 bits per heavy atom. The Morgan fingerprint density at radius 1 is 0.958 bits per heavy atom. The van der Waals surface area contributed by atoms with Crippen LogP contribution in [0.2, 0.25) is 0 Å². The number of ether oxygens (including phenoxy) is 4. The first-order valence-corrected chi connectivity index (χ1v) is 25.9. The number of aliphatic hydroxyl groups excluding tert-OH is 2. The molecule has 18 heteroatoms. The first-order chi connectivity index (χ1) is 33.9. The van der Waals surface area contributed by atoms with Crippen LogP contribution >= 0.6 is 0 Å². The molecule has 2 saturated heterocycles. The van der Waals surface area contributed by atoms with Gasteiger partial charge in [0.15, 0.2) is 11.7 Å². The van der Waals surface area contributed by atoms with Crippen LogP contribution in [0, 0.1) is 40.9 Å². The number of methoxy groups -OCH3 is 2. The highest BCUT2D eigenvalue weighted by molar-refractivity contribution is 6.39. The van der Waals surface area contributed by atoms with E-state index in [0.717, 1.165) is 5.57 Å². The molecule has 7 N–H and O–H groups in total. The molecule has 3 aliphatic heterocycles. The molecule has 72 heavy (non-hydrogen) atoms. The zero-order valence-electron chi connectivity index (χ0n) is 44.7. The van der Waals surface area contributed by atoms with Crippen LogP contribution in [0.4, 0.5) is 0 Å². The number of ketones is 3. The maximum Gasteiger partial charge on any atom is 0.329 e. The van der Waals surface area contributed by atoms with Crippen LogP contribution in [-0.2, 0) is 42.9 Å². The number of esters is 1. The summed E-state index contributed by atoms with van der Waals surface area (Å²) in [4.78, 5) is 79.2. The lowest BCUT2D eigenvalue weighted by molar-refractivity contribution is -0.263. The van der Waals surface area contributed by atoms with Crippen molar-refractivity contribution >= 4 is 41.1 Å². The minimum Gasteiger partial charge on any atom is -0.460 e. The van der Waals surface area contributed by atoms with Crippen LogP contribution in [-0.4, -0.2) is 156 Å². The van der Waals surface area contributed by atoms with E-state index in [1.54, 1.807) is 59.9 Å². The minimum atomic E-state index is -2.53. The van der Waals surface area contributed by atoms with Crippen LogP contribution in [0.25, 0.3) is 0 Å². The number of fused-ring (bicyclic) bond motifs is 3. The molecule has 2 bridgehead atoms. The summed E-state index contributed by atoms with van der Waals surface area (Å²) in [5.41, 5.74) is 6.86. The SMILES string of the molecule is CO[C@@H]1C[C@@H](CC(C)[C@@H]2CC(=O)[C@H](C)/C=C(\C)[C@@H](O)[C@@H](OC)C(=O)[C@H](C)C[C@H](C)/C=C/C=C/C=C(/C)C(/N=C(/NC(=N)N)N(C)C)C[C@@H]3CC[C@@H](C)[C@@](O)(O3)C(=O)C(=O)N3CCCC[C@H]3C(=O)O2)CC[C@H]1O. The Labute approximate surface area is 427 Å². The standard InChI is InChI=1S/C54H86N6O12/c1-31-17-13-12-14-18-32(2)40(57-53(59(8)9)58-52(55)56)29-39-22-20-37(7)54(68,72-39)49(65)50(66)60-24-16-15-19-41(60)51(67)71-44(34(4)27-38-21-23-42(61)45(28-38)69-10)30-43(62)33(3)26-36(6)47(64)48(70-11)46(63)35(5)25-31/h12-14,17-18,26,31,33-35,37-42,44-45,47-48,61,64,68H,15-16,19-25,27-30H2,1-11H3,(H4,55,56,57,58)/b14-12+,17-13+,32-18-,36-26+/t31-,33-,34?,35-,37-,38-,39+,40?,41+,42-,44+,45-,47-,48+,54-/m1/s1. The van der Waals surface area contributed by atoms with E-state index in [1.165, 1.54) is 12.0 Å². The highest BCUT2D eigenvalue weighted by atomic mass is 16.6. The van der Waals surface area contributed by atoms with Gasteiger partial charge in [0.2, 0.25) is 11.7 Å². The molecule has 4 rings (SSSR count). The van der Waals surface area contributed by atoms with Gasteiger partial charge in [-0.25, -0.2) is 9.79 Å². The summed E-state index contributed by atoms with van der Waals surface area (Å²) in [6, 6.07) is -1.80. The summed E-state index contributed by atoms with van der Waals surface area (Å²) in [5.74, 6) is -8.51. The molecule has 1 saturated carbocycles. The molecular formula is C54H86N6O12. The average Bonchev–Trinajstić information content (AvgIpc) is 3.33. The van der Waals surface area contributed by atoms with Crippen molar-refractivity contribution < 1.29 is 58.2 Å². The molecular weight excluding hydrogens is 925 g/mol. The van der Waals surface area contributed by atoms with E-state index in [1.807, 2.05) is 51.2 Å². The second-order valence-corrected chi connectivity index (χ2v) is 21.3. The first-order valence-electron chi connectivity index (χ1n) is 25.9. The van der Waals surface area contributed by atoms with E-state index < -0.39 is 83.8 Å². The third-order valence-electron chi connectivity index (χ3n) is 15.2. The van der Waals surface area contributed by atoms with E-state index in [9.17, 15) is 39.3 Å². The summed E-state index contributed by atoms with van der Waals surface area (Å²) < 4.78 is 23.7. The number of guanidine groups is 2. The second kappa shape index (κ2) is 27.6. The summed E-state index contributed by atoms with van der Waals surface area (Å²) in [6.45, 7) is 12.6. The largest absolute Gasteiger partial charge is 0.460 e. The number of aliphatic imine (C=N–C) groups is 1. The molecule has 0 aromatic carbocycles. The van der Waals surface area contributed by atoms with Crippen molar-refractivity contribution in [2.45, 2.75) is 180 Å². The van der Waals surface area contributed by atoms with Gasteiger partial charge in [0.05, 0.1) is 24.4 Å². The first kappa shape index (κ1) is 60.0. The third kappa shape index (κ3) is 16.2. The van der Waals surface area contributed by atoms with E-state index in [4.69, 9.17) is 35.1 Å². The molecule has 3 fully saturated rings. The topological polar surface area (TPSA) is 264 Å². The Hall–Kier alpha value is -4.59. The summed E-state index contributed by atoms with van der Waals surface area (Å²) in [7, 11) is 6.41. The Morgan fingerprint density at radius 2 is 1.67 bits per heavy atom. The summed E-state index contributed by atoms with van der Waals surface area (Å²) in [5, 5.41) is 44.9. The lowest BCUT2D eigenvalue weighted by Crippen LogP contribution is -2.61. The van der Waals surface area contributed by atoms with Crippen molar-refractivity contribution in [2.75, 3.05) is 34.9 Å². The second-order valence-electron chi connectivity index (χ2n) is 21.3. The number of nitrogens with zero attached hydrogens (tertiary/aromatic N) is 3. The predicted octanol–water partition coefficient (Wildman–Crippen LogP) is 4.93. The average molecular weight is 1010 g/mol. The van der Waals surface area contributed by atoms with Crippen LogP contribution < -0.4 is 11.1 Å². The van der Waals surface area contributed by atoms with Crippen molar-refractivity contribution in [3.8, 4) is 0 Å². The normalized spacial score (nSPS) is 37.8. The van der Waals surface area contributed by atoms with Gasteiger partial charge in [0, 0.05) is 65.5 Å². The van der Waals surface area contributed by atoms with Crippen molar-refractivity contribution in [2.24, 2.45) is 46.2 Å². The fourth-order valence-electron chi connectivity index (χ4n) is 10.5. The highest BCUT2D eigenvalue weighted by Crippen LogP contribution is 2.38. The molecule has 4 aliphatic rings. The van der Waals surface area contributed by atoms with Crippen molar-refractivity contribution in [1.82, 2.24) is 15.1 Å².